The number of anilines is 1. The van der Waals surface area contributed by atoms with Gasteiger partial charge in [0.2, 0.25) is 0 Å². The molecule has 0 atom stereocenters. The van der Waals surface area contributed by atoms with Crippen LogP contribution in [0.3, 0.4) is 0 Å². The second-order valence-corrected chi connectivity index (χ2v) is 4.95. The maximum absolute atomic E-state index is 10.6. The van der Waals surface area contributed by atoms with Gasteiger partial charge in [-0.2, -0.15) is 0 Å². The van der Waals surface area contributed by atoms with Gasteiger partial charge in [-0.3, -0.25) is 0 Å². The summed E-state index contributed by atoms with van der Waals surface area (Å²) in [6, 6.07) is 0. The molecule has 2 rings (SSSR count). The van der Waals surface area contributed by atoms with E-state index >= 15 is 0 Å². The van der Waals surface area contributed by atoms with Crippen LogP contribution >= 0.6 is 34.3 Å². The van der Waals surface area contributed by atoms with Gasteiger partial charge >= 0.3 is 5.97 Å². The summed E-state index contributed by atoms with van der Waals surface area (Å²) in [5.74, 6) is -1.01. The highest BCUT2D eigenvalue weighted by Crippen LogP contribution is 2.20. The maximum atomic E-state index is 10.6. The molecule has 0 unspecified atom stereocenters. The van der Waals surface area contributed by atoms with E-state index in [0.29, 0.717) is 21.8 Å². The van der Waals surface area contributed by atoms with E-state index in [0.717, 1.165) is 0 Å². The lowest BCUT2D eigenvalue weighted by Gasteiger charge is -1.97. The Labute approximate surface area is 104 Å². The molecule has 0 radical (unpaired) electrons. The minimum atomic E-state index is -1.01. The van der Waals surface area contributed by atoms with Crippen LogP contribution in [0.25, 0.3) is 0 Å². The molecule has 2 aromatic heterocycles. The third kappa shape index (κ3) is 2.69. The molecule has 0 saturated heterocycles. The molecule has 2 heterocycles. The standard InChI is InChI=1S/C8H6ClN3O2S2/c9-5-3-16-8(12-5)10-1-6-11-4(2-15-6)7(13)14/h2-3H,1H2,(H,10,12)(H,13,14). The van der Waals surface area contributed by atoms with E-state index in [-0.39, 0.29) is 5.69 Å². The Kier molecular flexibility index (Phi) is 3.37. The minimum Gasteiger partial charge on any atom is -0.476 e. The lowest BCUT2D eigenvalue weighted by atomic mass is 10.5. The van der Waals surface area contributed by atoms with E-state index in [1.807, 2.05) is 0 Å². The summed E-state index contributed by atoms with van der Waals surface area (Å²) in [6.07, 6.45) is 0. The van der Waals surface area contributed by atoms with E-state index in [1.54, 1.807) is 5.38 Å². The van der Waals surface area contributed by atoms with Crippen LogP contribution in [0.15, 0.2) is 10.8 Å². The average Bonchev–Trinajstić information content (AvgIpc) is 2.83. The molecule has 0 fully saturated rings. The molecule has 0 saturated carbocycles. The number of aromatic nitrogens is 2. The molecule has 0 aliphatic rings. The second-order valence-electron chi connectivity index (χ2n) is 2.76. The quantitative estimate of drug-likeness (QED) is 0.897. The topological polar surface area (TPSA) is 75.1 Å². The number of nitrogens with zero attached hydrogens (tertiary/aromatic N) is 2. The number of hydrogen-bond acceptors (Lipinski definition) is 6. The highest BCUT2D eigenvalue weighted by atomic mass is 35.5. The molecular weight excluding hydrogens is 270 g/mol. The van der Waals surface area contributed by atoms with Gasteiger partial charge in [0, 0.05) is 10.8 Å². The lowest BCUT2D eigenvalue weighted by Crippen LogP contribution is -2.01. The Morgan fingerprint density at radius 3 is 2.81 bits per heavy atom. The maximum Gasteiger partial charge on any atom is 0.355 e. The third-order valence-corrected chi connectivity index (χ3v) is 3.61. The molecule has 16 heavy (non-hydrogen) atoms. The SMILES string of the molecule is O=C(O)c1csc(CNc2nc(Cl)cs2)n1. The summed E-state index contributed by atoms with van der Waals surface area (Å²) in [6.45, 7) is 0.446. The summed E-state index contributed by atoms with van der Waals surface area (Å²) >= 11 is 8.34. The normalized spacial score (nSPS) is 10.3. The van der Waals surface area contributed by atoms with Gasteiger partial charge in [0.25, 0.3) is 0 Å². The average molecular weight is 276 g/mol. The van der Waals surface area contributed by atoms with Crippen LogP contribution < -0.4 is 5.32 Å². The summed E-state index contributed by atoms with van der Waals surface area (Å²) in [7, 11) is 0. The van der Waals surface area contributed by atoms with E-state index in [1.165, 1.54) is 28.1 Å². The van der Waals surface area contributed by atoms with Gasteiger partial charge in [-0.05, 0) is 0 Å². The zero-order chi connectivity index (χ0) is 11.5. The third-order valence-electron chi connectivity index (χ3n) is 1.64. The Hall–Kier alpha value is -1.18. The van der Waals surface area contributed by atoms with Crippen molar-refractivity contribution in [3.05, 3.63) is 26.6 Å². The molecule has 0 aromatic carbocycles. The summed E-state index contributed by atoms with van der Waals surface area (Å²) in [5, 5.41) is 16.8. The fourth-order valence-electron chi connectivity index (χ4n) is 0.977. The number of carbonyl (C=O) groups is 1. The molecule has 5 nitrogen and oxygen atoms in total. The fraction of sp³-hybridized carbons (Fsp3) is 0.125. The van der Waals surface area contributed by atoms with Crippen LogP contribution in [0.2, 0.25) is 5.15 Å². The lowest BCUT2D eigenvalue weighted by molar-refractivity contribution is 0.0691. The largest absolute Gasteiger partial charge is 0.476 e. The first-order valence-corrected chi connectivity index (χ1v) is 6.31. The predicted molar refractivity (Wildman–Crippen MR) is 63.5 cm³/mol. The van der Waals surface area contributed by atoms with Crippen LogP contribution in [0.1, 0.15) is 15.5 Å². The van der Waals surface area contributed by atoms with Crippen LogP contribution in [-0.2, 0) is 6.54 Å². The number of nitrogens with one attached hydrogen (secondary N) is 1. The van der Waals surface area contributed by atoms with Crippen molar-refractivity contribution in [3.63, 3.8) is 0 Å². The van der Waals surface area contributed by atoms with Gasteiger partial charge in [-0.1, -0.05) is 11.6 Å². The van der Waals surface area contributed by atoms with Gasteiger partial charge < -0.3 is 10.4 Å². The second kappa shape index (κ2) is 4.77. The molecule has 2 N–H and O–H groups in total. The molecule has 0 aliphatic heterocycles. The van der Waals surface area contributed by atoms with E-state index in [2.05, 4.69) is 15.3 Å². The van der Waals surface area contributed by atoms with Crippen molar-refractivity contribution < 1.29 is 9.90 Å². The van der Waals surface area contributed by atoms with Gasteiger partial charge in [-0.15, -0.1) is 22.7 Å². The van der Waals surface area contributed by atoms with Gasteiger partial charge in [0.1, 0.15) is 10.2 Å². The van der Waals surface area contributed by atoms with E-state index in [9.17, 15) is 4.79 Å². The van der Waals surface area contributed by atoms with Crippen molar-refractivity contribution in [2.45, 2.75) is 6.54 Å². The minimum absolute atomic E-state index is 0.0685. The zero-order valence-electron chi connectivity index (χ0n) is 7.81. The molecular formula is C8H6ClN3O2S2. The molecule has 0 aliphatic carbocycles. The number of thiazole rings is 2. The number of rotatable bonds is 4. The molecule has 0 bridgehead atoms. The summed E-state index contributed by atoms with van der Waals surface area (Å²) in [5.41, 5.74) is 0.0685. The monoisotopic (exact) mass is 275 g/mol. The van der Waals surface area contributed by atoms with Crippen LogP contribution in [0, 0.1) is 0 Å². The van der Waals surface area contributed by atoms with Gasteiger partial charge in [-0.25, -0.2) is 14.8 Å². The Balaban J connectivity index is 1.97. The zero-order valence-corrected chi connectivity index (χ0v) is 10.2. The fourth-order valence-corrected chi connectivity index (χ4v) is 2.52. The number of aromatic carboxylic acids is 1. The van der Waals surface area contributed by atoms with Gasteiger partial charge in [0.05, 0.1) is 6.54 Å². The van der Waals surface area contributed by atoms with E-state index < -0.39 is 5.97 Å². The van der Waals surface area contributed by atoms with Crippen LogP contribution in [-0.4, -0.2) is 21.0 Å². The van der Waals surface area contributed by atoms with Crippen molar-refractivity contribution in [2.24, 2.45) is 0 Å². The molecule has 0 spiro atoms. The van der Waals surface area contributed by atoms with Crippen molar-refractivity contribution in [2.75, 3.05) is 5.32 Å². The Morgan fingerprint density at radius 2 is 2.25 bits per heavy atom. The first kappa shape index (κ1) is 11.3. The summed E-state index contributed by atoms with van der Waals surface area (Å²) in [4.78, 5) is 18.5. The first-order chi connectivity index (χ1) is 7.65. The van der Waals surface area contributed by atoms with Crippen molar-refractivity contribution >= 4 is 45.4 Å². The number of halogens is 1. The van der Waals surface area contributed by atoms with Crippen LogP contribution in [0.4, 0.5) is 5.13 Å². The molecule has 0 amide bonds. The van der Waals surface area contributed by atoms with Crippen molar-refractivity contribution in [1.82, 2.24) is 9.97 Å². The molecule has 2 aromatic rings. The Morgan fingerprint density at radius 1 is 1.44 bits per heavy atom. The summed E-state index contributed by atoms with van der Waals surface area (Å²) < 4.78 is 0. The highest BCUT2D eigenvalue weighted by molar-refractivity contribution is 7.14. The molecule has 84 valence electrons. The molecule has 8 heteroatoms. The number of carboxylic acids is 1. The first-order valence-electron chi connectivity index (χ1n) is 4.18. The smallest absolute Gasteiger partial charge is 0.355 e. The number of carboxylic acid groups (broad SMARTS) is 1. The van der Waals surface area contributed by atoms with Crippen molar-refractivity contribution in [1.29, 1.82) is 0 Å². The van der Waals surface area contributed by atoms with Crippen molar-refractivity contribution in [3.8, 4) is 0 Å². The van der Waals surface area contributed by atoms with Crippen LogP contribution in [0.5, 0.6) is 0 Å². The van der Waals surface area contributed by atoms with Gasteiger partial charge in [0.15, 0.2) is 10.8 Å². The highest BCUT2D eigenvalue weighted by Gasteiger charge is 2.08. The Bertz CT molecular complexity index is 511. The van der Waals surface area contributed by atoms with E-state index in [4.69, 9.17) is 16.7 Å². The number of hydrogen-bond donors (Lipinski definition) is 2. The predicted octanol–water partition coefficient (Wildman–Crippen LogP) is 2.56.